The third-order valence-electron chi connectivity index (χ3n) is 3.88. The highest BCUT2D eigenvalue weighted by Crippen LogP contribution is 2.22. The molecule has 0 aliphatic heterocycles. The molecule has 2 nitrogen and oxygen atoms in total. The average Bonchev–Trinajstić information content (AvgIpc) is 2.50. The Kier molecular flexibility index (Phi) is 5.82. The quantitative estimate of drug-likeness (QED) is 0.775. The van der Waals surface area contributed by atoms with E-state index in [9.17, 15) is 0 Å². The Morgan fingerprint density at radius 3 is 2.48 bits per heavy atom. The van der Waals surface area contributed by atoms with Gasteiger partial charge in [-0.05, 0) is 61.7 Å². The van der Waals surface area contributed by atoms with Crippen LogP contribution in [0.1, 0.15) is 29.2 Å². The second kappa shape index (κ2) is 7.84. The van der Waals surface area contributed by atoms with E-state index >= 15 is 0 Å². The fraction of sp³-hybridized carbons (Fsp3) is 0.368. The number of ether oxygens (including phenoxy) is 1. The SMILES string of the molecule is CCNCCc1ccccc1COc1cccc(C)c1C. The molecule has 112 valence electrons. The van der Waals surface area contributed by atoms with Crippen molar-refractivity contribution in [2.45, 2.75) is 33.8 Å². The van der Waals surface area contributed by atoms with Crippen molar-refractivity contribution in [3.63, 3.8) is 0 Å². The van der Waals surface area contributed by atoms with E-state index in [0.29, 0.717) is 6.61 Å². The van der Waals surface area contributed by atoms with Gasteiger partial charge in [0.05, 0.1) is 0 Å². The van der Waals surface area contributed by atoms with E-state index < -0.39 is 0 Å². The van der Waals surface area contributed by atoms with Crippen molar-refractivity contribution in [1.29, 1.82) is 0 Å². The zero-order valence-electron chi connectivity index (χ0n) is 13.3. The number of aryl methyl sites for hydroxylation is 1. The van der Waals surface area contributed by atoms with Crippen molar-refractivity contribution >= 4 is 0 Å². The molecule has 2 heteroatoms. The summed E-state index contributed by atoms with van der Waals surface area (Å²) >= 11 is 0. The van der Waals surface area contributed by atoms with Gasteiger partial charge in [-0.25, -0.2) is 0 Å². The minimum atomic E-state index is 0.632. The summed E-state index contributed by atoms with van der Waals surface area (Å²) in [5.74, 6) is 0.983. The molecule has 0 unspecified atom stereocenters. The third kappa shape index (κ3) is 4.33. The monoisotopic (exact) mass is 283 g/mol. The van der Waals surface area contributed by atoms with E-state index in [4.69, 9.17) is 4.74 Å². The zero-order valence-corrected chi connectivity index (χ0v) is 13.3. The molecule has 0 saturated carbocycles. The van der Waals surface area contributed by atoms with Crippen molar-refractivity contribution in [2.75, 3.05) is 13.1 Å². The second-order valence-corrected chi connectivity index (χ2v) is 5.36. The van der Waals surface area contributed by atoms with Gasteiger partial charge in [0, 0.05) is 0 Å². The molecule has 0 aromatic heterocycles. The van der Waals surface area contributed by atoms with Crippen molar-refractivity contribution in [1.82, 2.24) is 5.32 Å². The van der Waals surface area contributed by atoms with Crippen LogP contribution >= 0.6 is 0 Å². The molecular weight excluding hydrogens is 258 g/mol. The Hall–Kier alpha value is -1.80. The highest BCUT2D eigenvalue weighted by molar-refractivity contribution is 5.38. The number of likely N-dealkylation sites (N-methyl/N-ethyl adjacent to an activating group) is 1. The predicted molar refractivity (Wildman–Crippen MR) is 88.9 cm³/mol. The van der Waals surface area contributed by atoms with Crippen LogP contribution in [0.15, 0.2) is 42.5 Å². The van der Waals surface area contributed by atoms with Crippen LogP contribution in [0.2, 0.25) is 0 Å². The number of benzene rings is 2. The van der Waals surface area contributed by atoms with Gasteiger partial charge in [-0.3, -0.25) is 0 Å². The summed E-state index contributed by atoms with van der Waals surface area (Å²) in [6.45, 7) is 9.02. The van der Waals surface area contributed by atoms with Crippen molar-refractivity contribution in [2.24, 2.45) is 0 Å². The summed E-state index contributed by atoms with van der Waals surface area (Å²) in [6, 6.07) is 14.7. The summed E-state index contributed by atoms with van der Waals surface area (Å²) in [4.78, 5) is 0. The third-order valence-corrected chi connectivity index (χ3v) is 3.88. The molecule has 0 amide bonds. The number of hydrogen-bond acceptors (Lipinski definition) is 2. The molecule has 21 heavy (non-hydrogen) atoms. The van der Waals surface area contributed by atoms with Gasteiger partial charge < -0.3 is 10.1 Å². The van der Waals surface area contributed by atoms with Crippen LogP contribution in [-0.2, 0) is 13.0 Å². The van der Waals surface area contributed by atoms with Crippen LogP contribution < -0.4 is 10.1 Å². The Morgan fingerprint density at radius 2 is 1.71 bits per heavy atom. The number of hydrogen-bond donors (Lipinski definition) is 1. The fourth-order valence-electron chi connectivity index (χ4n) is 2.38. The largest absolute Gasteiger partial charge is 0.489 e. The molecule has 0 bridgehead atoms. The van der Waals surface area contributed by atoms with Gasteiger partial charge >= 0.3 is 0 Å². The average molecular weight is 283 g/mol. The van der Waals surface area contributed by atoms with Gasteiger partial charge in [0.1, 0.15) is 12.4 Å². The highest BCUT2D eigenvalue weighted by atomic mass is 16.5. The minimum absolute atomic E-state index is 0.632. The molecule has 2 aromatic rings. The van der Waals surface area contributed by atoms with Crippen molar-refractivity contribution < 1.29 is 4.74 Å². The van der Waals surface area contributed by atoms with Gasteiger partial charge in [-0.15, -0.1) is 0 Å². The first-order valence-electron chi connectivity index (χ1n) is 7.69. The molecule has 0 heterocycles. The first-order chi connectivity index (χ1) is 10.2. The van der Waals surface area contributed by atoms with E-state index in [1.54, 1.807) is 0 Å². The lowest BCUT2D eigenvalue weighted by Crippen LogP contribution is -2.17. The number of rotatable bonds is 7. The van der Waals surface area contributed by atoms with Crippen LogP contribution in [0.5, 0.6) is 5.75 Å². The molecule has 1 N–H and O–H groups in total. The van der Waals surface area contributed by atoms with Gasteiger partial charge in [0.2, 0.25) is 0 Å². The van der Waals surface area contributed by atoms with Gasteiger partial charge in [-0.1, -0.05) is 43.3 Å². The smallest absolute Gasteiger partial charge is 0.122 e. The van der Waals surface area contributed by atoms with Crippen LogP contribution in [0.25, 0.3) is 0 Å². The summed E-state index contributed by atoms with van der Waals surface area (Å²) < 4.78 is 6.03. The van der Waals surface area contributed by atoms with E-state index in [1.165, 1.54) is 22.3 Å². The van der Waals surface area contributed by atoms with Crippen molar-refractivity contribution in [3.05, 3.63) is 64.7 Å². The maximum absolute atomic E-state index is 6.03. The van der Waals surface area contributed by atoms with Crippen LogP contribution in [0.3, 0.4) is 0 Å². The minimum Gasteiger partial charge on any atom is -0.489 e. The van der Waals surface area contributed by atoms with Gasteiger partial charge in [-0.2, -0.15) is 0 Å². The highest BCUT2D eigenvalue weighted by Gasteiger charge is 2.05. The lowest BCUT2D eigenvalue weighted by molar-refractivity contribution is 0.302. The normalized spacial score (nSPS) is 10.6. The Balaban J connectivity index is 2.04. The first-order valence-corrected chi connectivity index (χ1v) is 7.69. The summed E-state index contributed by atoms with van der Waals surface area (Å²) in [5.41, 5.74) is 5.13. The molecule has 0 radical (unpaired) electrons. The molecule has 2 aromatic carbocycles. The molecule has 0 aliphatic carbocycles. The standard InChI is InChI=1S/C19H25NO/c1-4-20-13-12-17-9-5-6-10-18(17)14-21-19-11-7-8-15(2)16(19)3/h5-11,20H,4,12-14H2,1-3H3. The maximum Gasteiger partial charge on any atom is 0.122 e. The summed E-state index contributed by atoms with van der Waals surface area (Å²) in [6.07, 6.45) is 1.04. The van der Waals surface area contributed by atoms with E-state index in [2.05, 4.69) is 62.5 Å². The zero-order chi connectivity index (χ0) is 15.1. The predicted octanol–water partition coefficient (Wildman–Crippen LogP) is 4.03. The topological polar surface area (TPSA) is 21.3 Å². The Bertz CT molecular complexity index is 578. The lowest BCUT2D eigenvalue weighted by atomic mass is 10.1. The molecule has 0 spiro atoms. The molecule has 0 aliphatic rings. The maximum atomic E-state index is 6.03. The Labute approximate surface area is 128 Å². The van der Waals surface area contributed by atoms with E-state index in [1.807, 2.05) is 6.07 Å². The van der Waals surface area contributed by atoms with Crippen LogP contribution in [0, 0.1) is 13.8 Å². The van der Waals surface area contributed by atoms with E-state index in [-0.39, 0.29) is 0 Å². The molecule has 0 saturated heterocycles. The fourth-order valence-corrected chi connectivity index (χ4v) is 2.38. The van der Waals surface area contributed by atoms with Crippen LogP contribution in [0.4, 0.5) is 0 Å². The van der Waals surface area contributed by atoms with Gasteiger partial charge in [0.15, 0.2) is 0 Å². The molecule has 0 fully saturated rings. The summed E-state index contributed by atoms with van der Waals surface area (Å²) in [7, 11) is 0. The van der Waals surface area contributed by atoms with Gasteiger partial charge in [0.25, 0.3) is 0 Å². The summed E-state index contributed by atoms with van der Waals surface area (Å²) in [5, 5.41) is 3.37. The van der Waals surface area contributed by atoms with Crippen LogP contribution in [-0.4, -0.2) is 13.1 Å². The molecule has 2 rings (SSSR count). The van der Waals surface area contributed by atoms with E-state index in [0.717, 1.165) is 25.3 Å². The lowest BCUT2D eigenvalue weighted by Gasteiger charge is -2.13. The van der Waals surface area contributed by atoms with Crippen molar-refractivity contribution in [3.8, 4) is 5.75 Å². The second-order valence-electron chi connectivity index (χ2n) is 5.36. The molecule has 0 atom stereocenters. The Morgan fingerprint density at radius 1 is 0.952 bits per heavy atom. The first kappa shape index (κ1) is 15.6. The molecular formula is C19H25NO. The number of nitrogens with one attached hydrogen (secondary N) is 1.